The number of nitrogens with one attached hydrogen (secondary N) is 1. The second kappa shape index (κ2) is 7.62. The molecule has 1 aliphatic carbocycles. The molecule has 1 aromatic rings. The highest BCUT2D eigenvalue weighted by Crippen LogP contribution is 2.29. The van der Waals surface area contributed by atoms with Gasteiger partial charge in [0.05, 0.1) is 0 Å². The Labute approximate surface area is 129 Å². The summed E-state index contributed by atoms with van der Waals surface area (Å²) in [7, 11) is 4.15. The highest BCUT2D eigenvalue weighted by atomic mass is 15.2. The highest BCUT2D eigenvalue weighted by molar-refractivity contribution is 5.58. The lowest BCUT2D eigenvalue weighted by atomic mass is 10.1. The minimum atomic E-state index is 0.625. The van der Waals surface area contributed by atoms with Crippen LogP contribution in [-0.2, 0) is 6.42 Å². The average molecular weight is 290 g/mol. The van der Waals surface area contributed by atoms with Crippen molar-refractivity contribution >= 4 is 11.6 Å². The molecule has 0 saturated heterocycles. The van der Waals surface area contributed by atoms with Crippen LogP contribution in [0, 0.1) is 6.92 Å². The lowest BCUT2D eigenvalue weighted by molar-refractivity contribution is 0.547. The van der Waals surface area contributed by atoms with Crippen molar-refractivity contribution in [3.63, 3.8) is 0 Å². The minimum Gasteiger partial charge on any atom is -0.373 e. The van der Waals surface area contributed by atoms with E-state index in [1.807, 2.05) is 7.05 Å². The van der Waals surface area contributed by atoms with Crippen LogP contribution in [0.2, 0.25) is 0 Å². The monoisotopic (exact) mass is 290 g/mol. The van der Waals surface area contributed by atoms with Crippen LogP contribution in [0.25, 0.3) is 0 Å². The number of aryl methyl sites for hydroxylation is 1. The molecule has 4 nitrogen and oxygen atoms in total. The maximum atomic E-state index is 4.85. The first-order valence-corrected chi connectivity index (χ1v) is 8.45. The van der Waals surface area contributed by atoms with E-state index in [1.165, 1.54) is 44.1 Å². The largest absolute Gasteiger partial charge is 0.373 e. The molecule has 1 saturated carbocycles. The number of hydrogen-bond donors (Lipinski definition) is 1. The third kappa shape index (κ3) is 3.86. The fourth-order valence-electron chi connectivity index (χ4n) is 3.29. The van der Waals surface area contributed by atoms with Gasteiger partial charge >= 0.3 is 0 Å². The molecule has 0 aromatic carbocycles. The Kier molecular flexibility index (Phi) is 5.83. The van der Waals surface area contributed by atoms with Crippen LogP contribution in [0.15, 0.2) is 0 Å². The summed E-state index contributed by atoms with van der Waals surface area (Å²) in [5.74, 6) is 3.05. The Balaban J connectivity index is 2.29. The predicted molar refractivity (Wildman–Crippen MR) is 90.2 cm³/mol. The van der Waals surface area contributed by atoms with Crippen molar-refractivity contribution in [1.82, 2.24) is 9.97 Å². The molecule has 21 heavy (non-hydrogen) atoms. The van der Waals surface area contributed by atoms with Gasteiger partial charge in [0, 0.05) is 32.1 Å². The van der Waals surface area contributed by atoms with Gasteiger partial charge in [0.15, 0.2) is 0 Å². The zero-order valence-electron chi connectivity index (χ0n) is 14.1. The van der Waals surface area contributed by atoms with Gasteiger partial charge in [-0.3, -0.25) is 0 Å². The van der Waals surface area contributed by atoms with Gasteiger partial charge in [-0.25, -0.2) is 9.97 Å². The maximum Gasteiger partial charge on any atom is 0.137 e. The van der Waals surface area contributed by atoms with Gasteiger partial charge in [-0.15, -0.1) is 0 Å². The second-order valence-corrected chi connectivity index (χ2v) is 6.19. The lowest BCUT2D eigenvalue weighted by Crippen LogP contribution is -2.33. The fourth-order valence-corrected chi connectivity index (χ4v) is 3.29. The van der Waals surface area contributed by atoms with E-state index in [0.29, 0.717) is 6.04 Å². The Morgan fingerprint density at radius 1 is 1.14 bits per heavy atom. The smallest absolute Gasteiger partial charge is 0.137 e. The van der Waals surface area contributed by atoms with E-state index in [0.717, 1.165) is 30.3 Å². The zero-order valence-corrected chi connectivity index (χ0v) is 14.1. The van der Waals surface area contributed by atoms with Crippen molar-refractivity contribution < 1.29 is 0 Å². The van der Waals surface area contributed by atoms with Crippen LogP contribution in [-0.4, -0.2) is 30.1 Å². The molecular formula is C17H30N4. The molecule has 0 unspecified atom stereocenters. The van der Waals surface area contributed by atoms with Crippen molar-refractivity contribution in [2.75, 3.05) is 24.3 Å². The van der Waals surface area contributed by atoms with E-state index in [2.05, 4.69) is 36.1 Å². The summed E-state index contributed by atoms with van der Waals surface area (Å²) in [4.78, 5) is 11.9. The summed E-state index contributed by atoms with van der Waals surface area (Å²) in [5.41, 5.74) is 1.17. The lowest BCUT2D eigenvalue weighted by Gasteiger charge is -2.30. The van der Waals surface area contributed by atoms with Crippen LogP contribution in [0.4, 0.5) is 11.6 Å². The number of rotatable bonds is 5. The summed E-state index contributed by atoms with van der Waals surface area (Å²) in [6.45, 7) is 4.31. The standard InChI is InChI=1S/C17H30N4/c1-5-10-15-19-16(18-3)13(2)17(20-15)21(4)14-11-8-6-7-9-12-14/h14H,5-12H2,1-4H3,(H,18,19,20). The molecule has 0 bridgehead atoms. The quantitative estimate of drug-likeness (QED) is 0.834. The Bertz CT molecular complexity index is 450. The molecule has 1 heterocycles. The molecule has 1 fully saturated rings. The van der Waals surface area contributed by atoms with E-state index < -0.39 is 0 Å². The molecule has 2 rings (SSSR count). The molecule has 0 atom stereocenters. The third-order valence-corrected chi connectivity index (χ3v) is 4.58. The fraction of sp³-hybridized carbons (Fsp3) is 0.765. The second-order valence-electron chi connectivity index (χ2n) is 6.19. The van der Waals surface area contributed by atoms with Crippen LogP contribution in [0.5, 0.6) is 0 Å². The van der Waals surface area contributed by atoms with Crippen LogP contribution in [0.1, 0.15) is 63.3 Å². The molecule has 4 heteroatoms. The molecule has 1 aromatic heterocycles. The van der Waals surface area contributed by atoms with Crippen molar-refractivity contribution in [2.24, 2.45) is 0 Å². The molecule has 118 valence electrons. The van der Waals surface area contributed by atoms with Gasteiger partial charge in [0.2, 0.25) is 0 Å². The van der Waals surface area contributed by atoms with Crippen molar-refractivity contribution in [1.29, 1.82) is 0 Å². The summed E-state index contributed by atoms with van der Waals surface area (Å²) < 4.78 is 0. The number of nitrogens with zero attached hydrogens (tertiary/aromatic N) is 3. The average Bonchev–Trinajstić information content (AvgIpc) is 2.77. The van der Waals surface area contributed by atoms with Crippen LogP contribution < -0.4 is 10.2 Å². The van der Waals surface area contributed by atoms with Gasteiger partial charge < -0.3 is 10.2 Å². The summed E-state index contributed by atoms with van der Waals surface area (Å²) in [5, 5.41) is 3.23. The van der Waals surface area contributed by atoms with Gasteiger partial charge in [-0.05, 0) is 26.2 Å². The predicted octanol–water partition coefficient (Wildman–Crippen LogP) is 3.94. The first-order valence-electron chi connectivity index (χ1n) is 8.45. The molecule has 0 radical (unpaired) electrons. The molecular weight excluding hydrogens is 260 g/mol. The van der Waals surface area contributed by atoms with Gasteiger partial charge in [-0.2, -0.15) is 0 Å². The Hall–Kier alpha value is -1.32. The summed E-state index contributed by atoms with van der Waals surface area (Å²) in [6, 6.07) is 0.625. The van der Waals surface area contributed by atoms with Gasteiger partial charge in [0.25, 0.3) is 0 Å². The zero-order chi connectivity index (χ0) is 15.2. The molecule has 1 N–H and O–H groups in total. The summed E-state index contributed by atoms with van der Waals surface area (Å²) in [6.07, 6.45) is 10.1. The SMILES string of the molecule is CCCc1nc(NC)c(C)c(N(C)C2CCCCCC2)n1. The number of aromatic nitrogens is 2. The molecule has 1 aliphatic rings. The van der Waals surface area contributed by atoms with E-state index in [9.17, 15) is 0 Å². The number of anilines is 2. The first-order chi connectivity index (χ1) is 10.2. The molecule has 0 aliphatic heterocycles. The summed E-state index contributed by atoms with van der Waals surface area (Å²) >= 11 is 0. The maximum absolute atomic E-state index is 4.85. The van der Waals surface area contributed by atoms with Crippen LogP contribution >= 0.6 is 0 Å². The van der Waals surface area contributed by atoms with E-state index >= 15 is 0 Å². The first kappa shape index (κ1) is 16.1. The number of hydrogen-bond acceptors (Lipinski definition) is 4. The van der Waals surface area contributed by atoms with E-state index in [1.54, 1.807) is 0 Å². The Morgan fingerprint density at radius 2 is 1.81 bits per heavy atom. The van der Waals surface area contributed by atoms with Gasteiger partial charge in [0.1, 0.15) is 17.5 Å². The molecule has 0 spiro atoms. The van der Waals surface area contributed by atoms with E-state index in [-0.39, 0.29) is 0 Å². The van der Waals surface area contributed by atoms with E-state index in [4.69, 9.17) is 4.98 Å². The Morgan fingerprint density at radius 3 is 2.38 bits per heavy atom. The minimum absolute atomic E-state index is 0.625. The molecule has 0 amide bonds. The van der Waals surface area contributed by atoms with Crippen LogP contribution in [0.3, 0.4) is 0 Å². The van der Waals surface area contributed by atoms with Gasteiger partial charge in [-0.1, -0.05) is 32.6 Å². The highest BCUT2D eigenvalue weighted by Gasteiger charge is 2.21. The topological polar surface area (TPSA) is 41.1 Å². The van der Waals surface area contributed by atoms with Crippen molar-refractivity contribution in [3.8, 4) is 0 Å². The normalized spacial score (nSPS) is 16.6. The third-order valence-electron chi connectivity index (χ3n) is 4.58. The van der Waals surface area contributed by atoms with Crippen molar-refractivity contribution in [3.05, 3.63) is 11.4 Å². The van der Waals surface area contributed by atoms with Crippen molar-refractivity contribution in [2.45, 2.75) is 71.3 Å².